The van der Waals surface area contributed by atoms with E-state index in [4.69, 9.17) is 4.99 Å². The van der Waals surface area contributed by atoms with E-state index < -0.39 is 0 Å². The highest BCUT2D eigenvalue weighted by Gasteiger charge is 2.12. The molecule has 0 bridgehead atoms. The molecule has 0 aliphatic rings. The van der Waals surface area contributed by atoms with Crippen molar-refractivity contribution in [1.29, 1.82) is 0 Å². The molecule has 0 spiro atoms. The van der Waals surface area contributed by atoms with Gasteiger partial charge >= 0.3 is 0 Å². The summed E-state index contributed by atoms with van der Waals surface area (Å²) < 4.78 is 0. The fourth-order valence-electron chi connectivity index (χ4n) is 3.20. The number of benzene rings is 3. The van der Waals surface area contributed by atoms with Crippen LogP contribution < -0.4 is 4.90 Å². The van der Waals surface area contributed by atoms with E-state index in [1.807, 2.05) is 0 Å². The van der Waals surface area contributed by atoms with Crippen LogP contribution in [0.1, 0.15) is 32.8 Å². The Bertz CT molecular complexity index is 903. The average Bonchev–Trinajstić information content (AvgIpc) is 2.67. The van der Waals surface area contributed by atoms with Gasteiger partial charge in [0.15, 0.2) is 0 Å². The zero-order chi connectivity index (χ0) is 18.5. The molecule has 3 rings (SSSR count). The van der Waals surface area contributed by atoms with E-state index in [2.05, 4.69) is 99.4 Å². The Morgan fingerprint density at radius 3 is 2.46 bits per heavy atom. The first-order valence-corrected chi connectivity index (χ1v) is 9.46. The molecule has 2 nitrogen and oxygen atoms in total. The molecule has 0 atom stereocenters. The van der Waals surface area contributed by atoms with E-state index in [1.165, 1.54) is 22.0 Å². The van der Waals surface area contributed by atoms with Crippen molar-refractivity contribution in [3.05, 3.63) is 72.3 Å². The van der Waals surface area contributed by atoms with E-state index in [9.17, 15) is 0 Å². The average molecular weight is 345 g/mol. The molecule has 0 aliphatic heterocycles. The molecule has 0 unspecified atom stereocenters. The van der Waals surface area contributed by atoms with Gasteiger partial charge in [0.2, 0.25) is 0 Å². The maximum atomic E-state index is 5.10. The lowest BCUT2D eigenvalue weighted by molar-refractivity contribution is 0.678. The first-order chi connectivity index (χ1) is 12.6. The van der Waals surface area contributed by atoms with Gasteiger partial charge in [-0.25, -0.2) is 4.99 Å². The lowest BCUT2D eigenvalue weighted by Crippen LogP contribution is -2.27. The summed E-state index contributed by atoms with van der Waals surface area (Å²) in [5, 5.41) is 2.43. The second-order valence-corrected chi connectivity index (χ2v) is 7.21. The Morgan fingerprint density at radius 1 is 0.962 bits per heavy atom. The van der Waals surface area contributed by atoms with Crippen LogP contribution in [0.4, 0.5) is 11.4 Å². The molecule has 0 fully saturated rings. The van der Waals surface area contributed by atoms with Crippen LogP contribution in [-0.4, -0.2) is 12.9 Å². The van der Waals surface area contributed by atoms with Crippen molar-refractivity contribution in [3.8, 4) is 0 Å². The summed E-state index contributed by atoms with van der Waals surface area (Å²) in [6.45, 7) is 6.68. The highest BCUT2D eigenvalue weighted by molar-refractivity contribution is 6.02. The van der Waals surface area contributed by atoms with Gasteiger partial charge in [-0.15, -0.1) is 0 Å². The first kappa shape index (κ1) is 18.2. The van der Waals surface area contributed by atoms with Crippen LogP contribution in [0.25, 0.3) is 10.8 Å². The van der Waals surface area contributed by atoms with Crippen LogP contribution >= 0.6 is 0 Å². The number of aryl methyl sites for hydroxylation is 1. The van der Waals surface area contributed by atoms with Crippen molar-refractivity contribution in [3.63, 3.8) is 0 Å². The van der Waals surface area contributed by atoms with Crippen molar-refractivity contribution in [2.75, 3.05) is 11.9 Å². The SMILES string of the molecule is CCc1cccc(N(C)C(CC(C)C)=Nc2cccc3ccccc23)c1. The van der Waals surface area contributed by atoms with Crippen LogP contribution in [0, 0.1) is 5.92 Å². The lowest BCUT2D eigenvalue weighted by atomic mass is 10.1. The second-order valence-electron chi connectivity index (χ2n) is 7.21. The van der Waals surface area contributed by atoms with Gasteiger partial charge in [0.25, 0.3) is 0 Å². The topological polar surface area (TPSA) is 15.6 Å². The van der Waals surface area contributed by atoms with Gasteiger partial charge in [0.1, 0.15) is 5.84 Å². The van der Waals surface area contributed by atoms with Crippen molar-refractivity contribution in [2.45, 2.75) is 33.6 Å². The third-order valence-electron chi connectivity index (χ3n) is 4.70. The molecule has 0 aliphatic carbocycles. The molecule has 0 radical (unpaired) electrons. The predicted molar refractivity (Wildman–Crippen MR) is 115 cm³/mol. The van der Waals surface area contributed by atoms with Crippen molar-refractivity contribution >= 4 is 28.0 Å². The van der Waals surface area contributed by atoms with Gasteiger partial charge < -0.3 is 4.90 Å². The van der Waals surface area contributed by atoms with Gasteiger partial charge in [-0.05, 0) is 41.5 Å². The summed E-state index contributed by atoms with van der Waals surface area (Å²) in [6, 6.07) is 23.5. The number of fused-ring (bicyclic) bond motifs is 1. The minimum Gasteiger partial charge on any atom is -0.333 e. The van der Waals surface area contributed by atoms with Crippen LogP contribution in [0.3, 0.4) is 0 Å². The number of rotatable bonds is 5. The molecule has 3 aromatic carbocycles. The summed E-state index contributed by atoms with van der Waals surface area (Å²) in [5.74, 6) is 1.64. The van der Waals surface area contributed by atoms with E-state index in [-0.39, 0.29) is 0 Å². The molecule has 3 aromatic rings. The summed E-state index contributed by atoms with van der Waals surface area (Å²) >= 11 is 0. The molecular weight excluding hydrogens is 316 g/mol. The molecule has 134 valence electrons. The molecule has 0 N–H and O–H groups in total. The van der Waals surface area contributed by atoms with Crippen molar-refractivity contribution in [1.82, 2.24) is 0 Å². The van der Waals surface area contributed by atoms with Gasteiger partial charge in [0.05, 0.1) is 5.69 Å². The highest BCUT2D eigenvalue weighted by Crippen LogP contribution is 2.28. The highest BCUT2D eigenvalue weighted by atomic mass is 15.2. The number of hydrogen-bond donors (Lipinski definition) is 0. The van der Waals surface area contributed by atoms with Crippen LogP contribution in [0.5, 0.6) is 0 Å². The molecular formula is C24H28N2. The Labute approximate surface area is 157 Å². The maximum Gasteiger partial charge on any atom is 0.109 e. The smallest absolute Gasteiger partial charge is 0.109 e. The largest absolute Gasteiger partial charge is 0.333 e. The number of amidine groups is 1. The summed E-state index contributed by atoms with van der Waals surface area (Å²) in [7, 11) is 2.13. The Hall–Kier alpha value is -2.61. The number of aliphatic imine (C=N–C) groups is 1. The molecule has 0 saturated carbocycles. The number of nitrogens with zero attached hydrogens (tertiary/aromatic N) is 2. The fourth-order valence-corrected chi connectivity index (χ4v) is 3.20. The molecule has 0 aromatic heterocycles. The number of anilines is 1. The van der Waals surface area contributed by atoms with Crippen LogP contribution in [0.2, 0.25) is 0 Å². The molecule has 0 amide bonds. The van der Waals surface area contributed by atoms with Gasteiger partial charge in [-0.3, -0.25) is 0 Å². The summed E-state index contributed by atoms with van der Waals surface area (Å²) in [6.07, 6.45) is 1.98. The Balaban J connectivity index is 2.05. The molecule has 26 heavy (non-hydrogen) atoms. The van der Waals surface area contributed by atoms with Crippen molar-refractivity contribution < 1.29 is 0 Å². The quantitative estimate of drug-likeness (QED) is 0.375. The van der Waals surface area contributed by atoms with E-state index >= 15 is 0 Å². The minimum absolute atomic E-state index is 0.542. The molecule has 0 saturated heterocycles. The molecule has 2 heteroatoms. The normalized spacial score (nSPS) is 12.0. The second kappa shape index (κ2) is 8.18. The maximum absolute atomic E-state index is 5.10. The van der Waals surface area contributed by atoms with E-state index in [1.54, 1.807) is 0 Å². The monoisotopic (exact) mass is 344 g/mol. The van der Waals surface area contributed by atoms with Gasteiger partial charge in [-0.2, -0.15) is 0 Å². The standard InChI is InChI=1S/C24H28N2/c1-5-19-10-8-13-21(17-19)26(4)24(16-18(2)3)25-23-15-9-12-20-11-6-7-14-22(20)23/h6-15,17-18H,5,16H2,1-4H3. The third kappa shape index (κ3) is 4.13. The third-order valence-corrected chi connectivity index (χ3v) is 4.70. The Kier molecular flexibility index (Phi) is 5.72. The van der Waals surface area contributed by atoms with Gasteiger partial charge in [-0.1, -0.05) is 69.3 Å². The lowest BCUT2D eigenvalue weighted by Gasteiger charge is -2.24. The molecule has 0 heterocycles. The zero-order valence-electron chi connectivity index (χ0n) is 16.2. The predicted octanol–water partition coefficient (Wildman–Crippen LogP) is 6.61. The van der Waals surface area contributed by atoms with Crippen molar-refractivity contribution in [2.24, 2.45) is 10.9 Å². The summed E-state index contributed by atoms with van der Waals surface area (Å²) in [5.41, 5.74) is 3.59. The summed E-state index contributed by atoms with van der Waals surface area (Å²) in [4.78, 5) is 7.34. The van der Waals surface area contributed by atoms with E-state index in [0.717, 1.165) is 24.4 Å². The Morgan fingerprint density at radius 2 is 1.69 bits per heavy atom. The minimum atomic E-state index is 0.542. The first-order valence-electron chi connectivity index (χ1n) is 9.46. The van der Waals surface area contributed by atoms with Gasteiger partial charge in [0, 0.05) is 24.5 Å². The van der Waals surface area contributed by atoms with E-state index in [0.29, 0.717) is 5.92 Å². The number of hydrogen-bond acceptors (Lipinski definition) is 1. The van der Waals surface area contributed by atoms with Crippen LogP contribution in [0.15, 0.2) is 71.7 Å². The van der Waals surface area contributed by atoms with Crippen LogP contribution in [-0.2, 0) is 6.42 Å². The fraction of sp³-hybridized carbons (Fsp3) is 0.292. The zero-order valence-corrected chi connectivity index (χ0v) is 16.2.